The Bertz CT molecular complexity index is 288. The van der Waals surface area contributed by atoms with Crippen molar-refractivity contribution in [2.24, 2.45) is 0 Å². The van der Waals surface area contributed by atoms with Crippen molar-refractivity contribution in [2.45, 2.75) is 51.0 Å². The molecule has 1 nitrogen and oxygen atoms in total. The fraction of sp³-hybridized carbons (Fsp3) is 0.600. The third-order valence-corrected chi connectivity index (χ3v) is 3.69. The molecular weight excluding hydrogens is 194 g/mol. The zero-order chi connectivity index (χ0) is 11.2. The van der Waals surface area contributed by atoms with E-state index in [1.54, 1.807) is 0 Å². The maximum atomic E-state index is 3.72. The summed E-state index contributed by atoms with van der Waals surface area (Å²) >= 11 is 0. The minimum atomic E-state index is 0.628. The standard InChI is InChI=1S/C15H23N/c1-13(14-8-4-2-5-9-14)12-16-15-10-6-3-7-11-15/h2,4-5,8-9,13,15-16H,3,6-7,10-12H2,1H3/t13-/m1/s1. The van der Waals surface area contributed by atoms with Crippen molar-refractivity contribution in [2.75, 3.05) is 6.54 Å². The van der Waals surface area contributed by atoms with E-state index in [-0.39, 0.29) is 0 Å². The number of hydrogen-bond donors (Lipinski definition) is 1. The van der Waals surface area contributed by atoms with Crippen LogP contribution in [-0.4, -0.2) is 12.6 Å². The lowest BCUT2D eigenvalue weighted by atomic mass is 9.94. The molecule has 0 amide bonds. The number of rotatable bonds is 4. The molecule has 1 heteroatoms. The molecule has 1 aliphatic rings. The summed E-state index contributed by atoms with van der Waals surface area (Å²) in [5.41, 5.74) is 1.45. The van der Waals surface area contributed by atoms with Gasteiger partial charge in [0, 0.05) is 12.6 Å². The van der Waals surface area contributed by atoms with Crippen molar-refractivity contribution in [1.82, 2.24) is 5.32 Å². The number of nitrogens with one attached hydrogen (secondary N) is 1. The maximum absolute atomic E-state index is 3.72. The second-order valence-corrected chi connectivity index (χ2v) is 5.05. The van der Waals surface area contributed by atoms with E-state index in [1.165, 1.54) is 37.7 Å². The fourth-order valence-electron chi connectivity index (χ4n) is 2.55. The molecule has 0 radical (unpaired) electrons. The Balaban J connectivity index is 1.77. The van der Waals surface area contributed by atoms with Gasteiger partial charge in [0.1, 0.15) is 0 Å². The van der Waals surface area contributed by atoms with E-state index in [1.807, 2.05) is 0 Å². The van der Waals surface area contributed by atoms with E-state index in [9.17, 15) is 0 Å². The normalized spacial score (nSPS) is 19.6. The van der Waals surface area contributed by atoms with Gasteiger partial charge >= 0.3 is 0 Å². The zero-order valence-corrected chi connectivity index (χ0v) is 10.3. The molecule has 1 aromatic carbocycles. The summed E-state index contributed by atoms with van der Waals surface area (Å²) in [6.07, 6.45) is 7.02. The van der Waals surface area contributed by atoms with Gasteiger partial charge in [-0.05, 0) is 24.3 Å². The maximum Gasteiger partial charge on any atom is 0.00673 e. The molecule has 0 aromatic heterocycles. The summed E-state index contributed by atoms with van der Waals surface area (Å²) in [4.78, 5) is 0. The Morgan fingerprint density at radius 1 is 1.12 bits per heavy atom. The highest BCUT2D eigenvalue weighted by Crippen LogP contribution is 2.19. The van der Waals surface area contributed by atoms with E-state index in [2.05, 4.69) is 42.6 Å². The summed E-state index contributed by atoms with van der Waals surface area (Å²) in [5, 5.41) is 3.72. The van der Waals surface area contributed by atoms with Crippen LogP contribution in [-0.2, 0) is 0 Å². The fourth-order valence-corrected chi connectivity index (χ4v) is 2.55. The monoisotopic (exact) mass is 217 g/mol. The lowest BCUT2D eigenvalue weighted by Crippen LogP contribution is -2.33. The van der Waals surface area contributed by atoms with Crippen LogP contribution in [0.15, 0.2) is 30.3 Å². The van der Waals surface area contributed by atoms with E-state index in [0.717, 1.165) is 12.6 Å². The van der Waals surface area contributed by atoms with Crippen LogP contribution in [0.3, 0.4) is 0 Å². The molecule has 1 atom stereocenters. The van der Waals surface area contributed by atoms with Crippen molar-refractivity contribution >= 4 is 0 Å². The molecular formula is C15H23N. The topological polar surface area (TPSA) is 12.0 Å². The summed E-state index contributed by atoms with van der Waals surface area (Å²) in [6, 6.07) is 11.6. The van der Waals surface area contributed by atoms with Gasteiger partial charge in [0.15, 0.2) is 0 Å². The molecule has 2 rings (SSSR count). The molecule has 0 bridgehead atoms. The van der Waals surface area contributed by atoms with Gasteiger partial charge in [-0.3, -0.25) is 0 Å². The Labute approximate surface area is 99.3 Å². The van der Waals surface area contributed by atoms with Crippen molar-refractivity contribution in [3.63, 3.8) is 0 Å². The molecule has 0 aliphatic heterocycles. The molecule has 0 unspecified atom stereocenters. The van der Waals surface area contributed by atoms with Crippen LogP contribution in [0.25, 0.3) is 0 Å². The third-order valence-electron chi connectivity index (χ3n) is 3.69. The second kappa shape index (κ2) is 6.05. The van der Waals surface area contributed by atoms with Crippen LogP contribution in [0.1, 0.15) is 50.5 Å². The van der Waals surface area contributed by atoms with Gasteiger partial charge in [-0.2, -0.15) is 0 Å². The Morgan fingerprint density at radius 2 is 1.81 bits per heavy atom. The molecule has 88 valence electrons. The first kappa shape index (κ1) is 11.7. The molecule has 1 N–H and O–H groups in total. The first-order chi connectivity index (χ1) is 7.86. The van der Waals surface area contributed by atoms with Crippen LogP contribution >= 0.6 is 0 Å². The van der Waals surface area contributed by atoms with Crippen molar-refractivity contribution < 1.29 is 0 Å². The van der Waals surface area contributed by atoms with Crippen LogP contribution in [0.2, 0.25) is 0 Å². The minimum Gasteiger partial charge on any atom is -0.313 e. The van der Waals surface area contributed by atoms with E-state index < -0.39 is 0 Å². The molecule has 1 fully saturated rings. The quantitative estimate of drug-likeness (QED) is 0.810. The highest BCUT2D eigenvalue weighted by Gasteiger charge is 2.13. The SMILES string of the molecule is C[C@H](CNC1CCCCC1)c1ccccc1. The molecule has 1 saturated carbocycles. The van der Waals surface area contributed by atoms with Crippen molar-refractivity contribution in [3.05, 3.63) is 35.9 Å². The Morgan fingerprint density at radius 3 is 2.50 bits per heavy atom. The van der Waals surface area contributed by atoms with E-state index in [4.69, 9.17) is 0 Å². The summed E-state index contributed by atoms with van der Waals surface area (Å²) < 4.78 is 0. The Hall–Kier alpha value is -0.820. The first-order valence-electron chi connectivity index (χ1n) is 6.64. The van der Waals surface area contributed by atoms with Gasteiger partial charge in [-0.15, -0.1) is 0 Å². The van der Waals surface area contributed by atoms with Gasteiger partial charge in [0.2, 0.25) is 0 Å². The zero-order valence-electron chi connectivity index (χ0n) is 10.3. The largest absolute Gasteiger partial charge is 0.313 e. The van der Waals surface area contributed by atoms with Crippen molar-refractivity contribution in [3.8, 4) is 0 Å². The van der Waals surface area contributed by atoms with E-state index in [0.29, 0.717) is 5.92 Å². The predicted molar refractivity (Wildman–Crippen MR) is 69.7 cm³/mol. The van der Waals surface area contributed by atoms with Gasteiger partial charge in [0.05, 0.1) is 0 Å². The average molecular weight is 217 g/mol. The highest BCUT2D eigenvalue weighted by molar-refractivity contribution is 5.18. The number of benzene rings is 1. The Kier molecular flexibility index (Phi) is 4.41. The van der Waals surface area contributed by atoms with E-state index >= 15 is 0 Å². The van der Waals surface area contributed by atoms with Gasteiger partial charge in [-0.1, -0.05) is 56.5 Å². The van der Waals surface area contributed by atoms with Crippen LogP contribution in [0, 0.1) is 0 Å². The molecule has 0 spiro atoms. The highest BCUT2D eigenvalue weighted by atomic mass is 14.9. The first-order valence-corrected chi connectivity index (χ1v) is 6.64. The van der Waals surface area contributed by atoms with Crippen LogP contribution < -0.4 is 5.32 Å². The smallest absolute Gasteiger partial charge is 0.00673 e. The lowest BCUT2D eigenvalue weighted by Gasteiger charge is -2.24. The number of hydrogen-bond acceptors (Lipinski definition) is 1. The van der Waals surface area contributed by atoms with Crippen molar-refractivity contribution in [1.29, 1.82) is 0 Å². The predicted octanol–water partition coefficient (Wildman–Crippen LogP) is 3.71. The lowest BCUT2D eigenvalue weighted by molar-refractivity contribution is 0.367. The molecule has 0 saturated heterocycles. The van der Waals surface area contributed by atoms with Gasteiger partial charge in [0.25, 0.3) is 0 Å². The average Bonchev–Trinajstić information content (AvgIpc) is 2.38. The summed E-state index contributed by atoms with van der Waals surface area (Å²) in [6.45, 7) is 3.43. The molecule has 16 heavy (non-hydrogen) atoms. The van der Waals surface area contributed by atoms with Gasteiger partial charge < -0.3 is 5.32 Å². The minimum absolute atomic E-state index is 0.628. The second-order valence-electron chi connectivity index (χ2n) is 5.05. The van der Waals surface area contributed by atoms with Crippen LogP contribution in [0.4, 0.5) is 0 Å². The summed E-state index contributed by atoms with van der Waals surface area (Å²) in [7, 11) is 0. The summed E-state index contributed by atoms with van der Waals surface area (Å²) in [5.74, 6) is 0.628. The van der Waals surface area contributed by atoms with Crippen LogP contribution in [0.5, 0.6) is 0 Å². The third kappa shape index (κ3) is 3.34. The molecule has 1 aliphatic carbocycles. The van der Waals surface area contributed by atoms with Gasteiger partial charge in [-0.25, -0.2) is 0 Å². The molecule has 1 aromatic rings. The molecule has 0 heterocycles.